The number of nitrogen functional groups attached to an aromatic ring is 1. The zero-order chi connectivity index (χ0) is 18.0. The molecule has 0 amide bonds. The molecule has 0 aliphatic rings. The summed E-state index contributed by atoms with van der Waals surface area (Å²) < 4.78 is 0. The highest BCUT2D eigenvalue weighted by atomic mass is 35.5. The number of aryl methyl sites for hydroxylation is 2. The van der Waals surface area contributed by atoms with E-state index in [1.165, 1.54) is 0 Å². The topological polar surface area (TPSA) is 55.1 Å². The van der Waals surface area contributed by atoms with Crippen molar-refractivity contribution in [3.63, 3.8) is 0 Å². The van der Waals surface area contributed by atoms with Crippen molar-refractivity contribution in [3.8, 4) is 0 Å². The van der Waals surface area contributed by atoms with Gasteiger partial charge in [-0.3, -0.25) is 4.79 Å². The number of nitrogens with one attached hydrogen (secondary N) is 1. The predicted molar refractivity (Wildman–Crippen MR) is 105 cm³/mol. The van der Waals surface area contributed by atoms with Crippen molar-refractivity contribution in [1.82, 2.24) is 0 Å². The van der Waals surface area contributed by atoms with Gasteiger partial charge in [-0.2, -0.15) is 0 Å². The van der Waals surface area contributed by atoms with E-state index in [1.54, 1.807) is 12.1 Å². The molecular weight excluding hydrogens is 332 g/mol. The van der Waals surface area contributed by atoms with Crippen LogP contribution in [-0.4, -0.2) is 5.78 Å². The Bertz CT molecular complexity index is 930. The molecule has 0 saturated carbocycles. The highest BCUT2D eigenvalue weighted by Crippen LogP contribution is 2.30. The first-order valence-corrected chi connectivity index (χ1v) is 8.37. The molecule has 0 radical (unpaired) electrons. The second kappa shape index (κ2) is 6.99. The van der Waals surface area contributed by atoms with Gasteiger partial charge in [0.05, 0.1) is 16.4 Å². The number of para-hydroxylation sites is 1. The average molecular weight is 351 g/mol. The normalized spacial score (nSPS) is 10.5. The van der Waals surface area contributed by atoms with Gasteiger partial charge in [0.1, 0.15) is 0 Å². The van der Waals surface area contributed by atoms with E-state index in [-0.39, 0.29) is 5.78 Å². The molecule has 0 atom stereocenters. The predicted octanol–water partition coefficient (Wildman–Crippen LogP) is 5.51. The summed E-state index contributed by atoms with van der Waals surface area (Å²) in [6, 6.07) is 18.6. The van der Waals surface area contributed by atoms with Crippen molar-refractivity contribution in [2.45, 2.75) is 13.8 Å². The Morgan fingerprint density at radius 1 is 0.920 bits per heavy atom. The fraction of sp³-hybridized carbons (Fsp3) is 0.0952. The molecule has 126 valence electrons. The third kappa shape index (κ3) is 3.52. The summed E-state index contributed by atoms with van der Waals surface area (Å²) in [5.41, 5.74) is 11.4. The maximum atomic E-state index is 12.7. The number of halogens is 1. The van der Waals surface area contributed by atoms with E-state index in [2.05, 4.69) is 5.32 Å². The fourth-order valence-corrected chi connectivity index (χ4v) is 3.02. The second-order valence-electron chi connectivity index (χ2n) is 6.00. The molecule has 3 N–H and O–H groups in total. The minimum Gasteiger partial charge on any atom is -0.397 e. The number of hydrogen-bond acceptors (Lipinski definition) is 3. The van der Waals surface area contributed by atoms with Crippen molar-refractivity contribution in [1.29, 1.82) is 0 Å². The molecule has 0 aliphatic carbocycles. The lowest BCUT2D eigenvalue weighted by atomic mass is 9.99. The van der Waals surface area contributed by atoms with Crippen molar-refractivity contribution in [3.05, 3.63) is 87.9 Å². The van der Waals surface area contributed by atoms with Crippen LogP contribution in [0.25, 0.3) is 0 Å². The molecule has 3 aromatic carbocycles. The highest BCUT2D eigenvalue weighted by Gasteiger charge is 2.15. The van der Waals surface area contributed by atoms with Crippen LogP contribution in [0.5, 0.6) is 0 Å². The zero-order valence-electron chi connectivity index (χ0n) is 14.1. The third-order valence-corrected chi connectivity index (χ3v) is 4.49. The van der Waals surface area contributed by atoms with Crippen molar-refractivity contribution < 1.29 is 4.79 Å². The monoisotopic (exact) mass is 350 g/mol. The first-order chi connectivity index (χ1) is 12.0. The summed E-state index contributed by atoms with van der Waals surface area (Å²) in [6.45, 7) is 3.90. The molecule has 0 bridgehead atoms. The minimum atomic E-state index is -0.0787. The number of nitrogens with two attached hydrogens (primary N) is 1. The smallest absolute Gasteiger partial charge is 0.194 e. The molecule has 3 rings (SSSR count). The Balaban J connectivity index is 1.91. The van der Waals surface area contributed by atoms with E-state index < -0.39 is 0 Å². The van der Waals surface area contributed by atoms with E-state index in [1.807, 2.05) is 62.4 Å². The number of ketones is 1. The van der Waals surface area contributed by atoms with Gasteiger partial charge >= 0.3 is 0 Å². The number of carbonyl (C=O) groups is 1. The number of anilines is 3. The van der Waals surface area contributed by atoms with Gasteiger partial charge < -0.3 is 11.1 Å². The molecule has 3 aromatic rings. The Labute approximate surface area is 152 Å². The lowest BCUT2D eigenvalue weighted by Gasteiger charge is -2.14. The van der Waals surface area contributed by atoms with E-state index >= 15 is 0 Å². The van der Waals surface area contributed by atoms with Crippen LogP contribution in [0, 0.1) is 13.8 Å². The van der Waals surface area contributed by atoms with Crippen molar-refractivity contribution >= 4 is 34.4 Å². The van der Waals surface area contributed by atoms with E-state index in [0.717, 1.165) is 22.5 Å². The average Bonchev–Trinajstić information content (AvgIpc) is 2.58. The van der Waals surface area contributed by atoms with E-state index in [0.29, 0.717) is 21.8 Å². The van der Waals surface area contributed by atoms with Gasteiger partial charge in [0.2, 0.25) is 0 Å². The number of hydrogen-bond donors (Lipinski definition) is 2. The molecule has 0 spiro atoms. The molecule has 3 nitrogen and oxygen atoms in total. The lowest BCUT2D eigenvalue weighted by Crippen LogP contribution is -2.05. The highest BCUT2D eigenvalue weighted by molar-refractivity contribution is 6.35. The van der Waals surface area contributed by atoms with Crippen LogP contribution in [0.4, 0.5) is 17.1 Å². The van der Waals surface area contributed by atoms with Crippen LogP contribution in [0.3, 0.4) is 0 Å². The molecular formula is C21H19ClN2O. The van der Waals surface area contributed by atoms with Crippen LogP contribution < -0.4 is 11.1 Å². The summed E-state index contributed by atoms with van der Waals surface area (Å²) >= 11 is 6.38. The van der Waals surface area contributed by atoms with Gasteiger partial charge in [0, 0.05) is 16.8 Å². The number of benzene rings is 3. The second-order valence-corrected chi connectivity index (χ2v) is 6.41. The minimum absolute atomic E-state index is 0.0787. The molecule has 0 unspecified atom stereocenters. The number of rotatable bonds is 4. The molecule has 4 heteroatoms. The zero-order valence-corrected chi connectivity index (χ0v) is 14.9. The number of carbonyl (C=O) groups excluding carboxylic acids is 1. The van der Waals surface area contributed by atoms with Crippen molar-refractivity contribution in [2.24, 2.45) is 0 Å². The summed E-state index contributed by atoms with van der Waals surface area (Å²) in [7, 11) is 0. The summed E-state index contributed by atoms with van der Waals surface area (Å²) in [4.78, 5) is 12.7. The molecule has 0 aromatic heterocycles. The third-order valence-electron chi connectivity index (χ3n) is 4.18. The molecule has 0 aliphatic heterocycles. The molecule has 25 heavy (non-hydrogen) atoms. The Kier molecular flexibility index (Phi) is 4.77. The quantitative estimate of drug-likeness (QED) is 0.481. The van der Waals surface area contributed by atoms with Crippen molar-refractivity contribution in [2.75, 3.05) is 11.1 Å². The maximum absolute atomic E-state index is 12.7. The molecule has 0 saturated heterocycles. The van der Waals surface area contributed by atoms with Gasteiger partial charge in [-0.25, -0.2) is 0 Å². The molecule has 0 heterocycles. The van der Waals surface area contributed by atoms with Crippen LogP contribution >= 0.6 is 11.6 Å². The van der Waals surface area contributed by atoms with Gasteiger partial charge in [-0.1, -0.05) is 48.0 Å². The lowest BCUT2D eigenvalue weighted by molar-refractivity contribution is 0.103. The Morgan fingerprint density at radius 2 is 1.64 bits per heavy atom. The first kappa shape index (κ1) is 17.1. The Morgan fingerprint density at radius 3 is 2.32 bits per heavy atom. The van der Waals surface area contributed by atoms with E-state index in [4.69, 9.17) is 17.3 Å². The van der Waals surface area contributed by atoms with Gasteiger partial charge in [-0.05, 0) is 49.2 Å². The van der Waals surface area contributed by atoms with E-state index in [9.17, 15) is 4.79 Å². The van der Waals surface area contributed by atoms with Crippen LogP contribution in [0.1, 0.15) is 27.0 Å². The molecule has 0 fully saturated rings. The standard InChI is InChI=1S/C21H19ClN2O/c1-13-6-3-4-8-16(13)21(25)17-11-10-15(12-18(17)22)24-20-14(2)7-5-9-19(20)23/h3-12,24H,23H2,1-2H3. The summed E-state index contributed by atoms with van der Waals surface area (Å²) in [5, 5.41) is 3.69. The summed E-state index contributed by atoms with van der Waals surface area (Å²) in [5.74, 6) is -0.0787. The summed E-state index contributed by atoms with van der Waals surface area (Å²) in [6.07, 6.45) is 0. The fourth-order valence-electron chi connectivity index (χ4n) is 2.76. The van der Waals surface area contributed by atoms with Crippen LogP contribution in [0.2, 0.25) is 5.02 Å². The van der Waals surface area contributed by atoms with Gasteiger partial charge in [-0.15, -0.1) is 0 Å². The van der Waals surface area contributed by atoms with Gasteiger partial charge in [0.15, 0.2) is 5.78 Å². The van der Waals surface area contributed by atoms with Crippen LogP contribution in [-0.2, 0) is 0 Å². The van der Waals surface area contributed by atoms with Gasteiger partial charge in [0.25, 0.3) is 0 Å². The maximum Gasteiger partial charge on any atom is 0.194 e. The Hall–Kier alpha value is -2.78. The van der Waals surface area contributed by atoms with Crippen LogP contribution in [0.15, 0.2) is 60.7 Å². The first-order valence-electron chi connectivity index (χ1n) is 7.99. The SMILES string of the molecule is Cc1ccccc1C(=O)c1ccc(Nc2c(C)cccc2N)cc1Cl. The largest absolute Gasteiger partial charge is 0.397 e.